The maximum atomic E-state index is 12.8. The largest absolute Gasteiger partial charge is 0.328 e. The number of aldehydes is 1. The third-order valence-electron chi connectivity index (χ3n) is 5.67. The van der Waals surface area contributed by atoms with E-state index in [1.165, 1.54) is 12.8 Å². The van der Waals surface area contributed by atoms with Crippen LogP contribution in [0.15, 0.2) is 0 Å². The maximum Gasteiger partial charge on any atom is 0.316 e. The van der Waals surface area contributed by atoms with Crippen LogP contribution in [0.3, 0.4) is 0 Å². The van der Waals surface area contributed by atoms with Crippen molar-refractivity contribution in [2.45, 2.75) is 108 Å². The van der Waals surface area contributed by atoms with E-state index >= 15 is 0 Å². The predicted octanol–water partition coefficient (Wildman–Crippen LogP) is 5.02. The number of amides is 2. The van der Waals surface area contributed by atoms with Gasteiger partial charge in [0.2, 0.25) is 0 Å². The summed E-state index contributed by atoms with van der Waals surface area (Å²) in [6, 6.07) is -0.573. The van der Waals surface area contributed by atoms with E-state index in [0.29, 0.717) is 0 Å². The normalized spacial score (nSPS) is 24.2. The van der Waals surface area contributed by atoms with Gasteiger partial charge in [-0.1, -0.05) is 66.2 Å². The molecule has 2 rings (SSSR count). The van der Waals surface area contributed by atoms with E-state index < -0.39 is 6.04 Å². The summed E-state index contributed by atoms with van der Waals surface area (Å²) in [6.07, 6.45) is 12.0. The third-order valence-corrected chi connectivity index (χ3v) is 7.19. The second-order valence-corrected chi connectivity index (χ2v) is 11.4. The van der Waals surface area contributed by atoms with E-state index in [-0.39, 0.29) is 21.1 Å². The van der Waals surface area contributed by atoms with Gasteiger partial charge >= 0.3 is 6.03 Å². The van der Waals surface area contributed by atoms with Crippen LogP contribution in [0.1, 0.15) is 91.9 Å². The summed E-state index contributed by atoms with van der Waals surface area (Å²) in [4.78, 5) is 24.3. The molecule has 2 fully saturated rings. The van der Waals surface area contributed by atoms with E-state index in [2.05, 4.69) is 38.3 Å². The molecule has 0 spiro atoms. The Bertz CT molecular complexity index is 461. The van der Waals surface area contributed by atoms with E-state index in [9.17, 15) is 9.59 Å². The van der Waals surface area contributed by atoms with Crippen LogP contribution in [0.5, 0.6) is 0 Å². The van der Waals surface area contributed by atoms with Crippen LogP contribution in [0.4, 0.5) is 4.79 Å². The molecule has 0 unspecified atom stereocenters. The molecule has 2 N–H and O–H groups in total. The molecule has 0 saturated heterocycles. The standard InChI is InChI=1S/C20H36N2O2S/c1-18(2,3)25-20(13-9-6-10-14-20)22-17(24)21-16(15-23)19(4)11-7-5-8-12-19/h15-16H,5-14H2,1-4H3,(H2,21,22,24)/t16-/m1/s1. The highest BCUT2D eigenvalue weighted by Crippen LogP contribution is 2.44. The van der Waals surface area contributed by atoms with Gasteiger partial charge in [0, 0.05) is 4.75 Å². The molecule has 5 heteroatoms. The number of urea groups is 1. The lowest BCUT2D eigenvalue weighted by atomic mass is 9.71. The first-order chi connectivity index (χ1) is 11.7. The van der Waals surface area contributed by atoms with Gasteiger partial charge in [0.1, 0.15) is 6.29 Å². The van der Waals surface area contributed by atoms with Crippen LogP contribution < -0.4 is 10.6 Å². The van der Waals surface area contributed by atoms with Gasteiger partial charge in [-0.2, -0.15) is 0 Å². The van der Waals surface area contributed by atoms with Crippen LogP contribution in [0.2, 0.25) is 0 Å². The summed E-state index contributed by atoms with van der Waals surface area (Å²) in [6.45, 7) is 8.74. The van der Waals surface area contributed by atoms with E-state index in [0.717, 1.165) is 57.7 Å². The molecule has 2 aliphatic carbocycles. The second-order valence-electron chi connectivity index (χ2n) is 9.20. The highest BCUT2D eigenvalue weighted by atomic mass is 32.2. The van der Waals surface area contributed by atoms with E-state index in [1.807, 2.05) is 11.8 Å². The molecule has 2 aliphatic rings. The van der Waals surface area contributed by atoms with Crippen LogP contribution >= 0.6 is 11.8 Å². The number of thioether (sulfide) groups is 1. The van der Waals surface area contributed by atoms with Gasteiger partial charge in [0.25, 0.3) is 0 Å². The fourth-order valence-electron chi connectivity index (χ4n) is 4.39. The zero-order valence-corrected chi connectivity index (χ0v) is 17.3. The van der Waals surface area contributed by atoms with Crippen molar-refractivity contribution in [3.8, 4) is 0 Å². The van der Waals surface area contributed by atoms with Crippen molar-refractivity contribution in [1.29, 1.82) is 0 Å². The molecular weight excluding hydrogens is 332 g/mol. The summed E-state index contributed by atoms with van der Waals surface area (Å²) < 4.78 is 0.0873. The Morgan fingerprint density at radius 2 is 1.52 bits per heavy atom. The first-order valence-electron chi connectivity index (χ1n) is 9.92. The average Bonchev–Trinajstić information content (AvgIpc) is 2.52. The molecule has 25 heavy (non-hydrogen) atoms. The molecule has 1 atom stereocenters. The highest BCUT2D eigenvalue weighted by Gasteiger charge is 2.40. The van der Waals surface area contributed by atoms with Crippen molar-refractivity contribution in [3.63, 3.8) is 0 Å². The number of rotatable bonds is 5. The lowest BCUT2D eigenvalue weighted by Crippen LogP contribution is -2.57. The van der Waals surface area contributed by atoms with Gasteiger partial charge in [-0.25, -0.2) is 4.79 Å². The number of carbonyl (C=O) groups is 2. The first kappa shape index (κ1) is 20.6. The quantitative estimate of drug-likeness (QED) is 0.529. The molecule has 4 nitrogen and oxygen atoms in total. The number of carbonyl (C=O) groups excluding carboxylic acids is 2. The molecule has 0 radical (unpaired) electrons. The van der Waals surface area contributed by atoms with Crippen molar-refractivity contribution in [2.24, 2.45) is 5.41 Å². The summed E-state index contributed by atoms with van der Waals surface area (Å²) in [7, 11) is 0. The monoisotopic (exact) mass is 368 g/mol. The zero-order valence-electron chi connectivity index (χ0n) is 16.5. The molecule has 2 amide bonds. The van der Waals surface area contributed by atoms with Crippen molar-refractivity contribution >= 4 is 24.1 Å². The molecule has 2 saturated carbocycles. The molecule has 0 aliphatic heterocycles. The van der Waals surface area contributed by atoms with Crippen molar-refractivity contribution in [1.82, 2.24) is 10.6 Å². The van der Waals surface area contributed by atoms with Crippen molar-refractivity contribution < 1.29 is 9.59 Å². The summed E-state index contributed by atoms with van der Waals surface area (Å²) in [5.41, 5.74) is -0.103. The molecule has 0 aromatic heterocycles. The minimum atomic E-state index is -0.395. The summed E-state index contributed by atoms with van der Waals surface area (Å²) in [5.74, 6) is 0. The Balaban J connectivity index is 2.03. The summed E-state index contributed by atoms with van der Waals surface area (Å²) in [5, 5.41) is 6.27. The SMILES string of the molecule is CC(C)(C)SC1(NC(=O)N[C@H](C=O)C2(C)CCCCC2)CCCCC1. The predicted molar refractivity (Wildman–Crippen MR) is 106 cm³/mol. The molecule has 0 heterocycles. The maximum absolute atomic E-state index is 12.8. The third kappa shape index (κ3) is 5.90. The Hall–Kier alpha value is -0.710. The first-order valence-corrected chi connectivity index (χ1v) is 10.7. The van der Waals surface area contributed by atoms with Crippen LogP contribution in [0.25, 0.3) is 0 Å². The Labute approximate surface area is 157 Å². The molecule has 0 bridgehead atoms. The van der Waals surface area contributed by atoms with Gasteiger partial charge in [0.05, 0.1) is 10.9 Å². The molecule has 0 aromatic carbocycles. The number of hydrogen-bond donors (Lipinski definition) is 2. The Morgan fingerprint density at radius 1 is 1.00 bits per heavy atom. The van der Waals surface area contributed by atoms with E-state index in [4.69, 9.17) is 0 Å². The van der Waals surface area contributed by atoms with Gasteiger partial charge < -0.3 is 15.4 Å². The smallest absolute Gasteiger partial charge is 0.316 e. The van der Waals surface area contributed by atoms with Gasteiger partial charge in [-0.15, -0.1) is 11.8 Å². The Kier molecular flexibility index (Phi) is 6.86. The zero-order chi connectivity index (χ0) is 18.6. The molecule has 144 valence electrons. The van der Waals surface area contributed by atoms with Crippen LogP contribution in [-0.4, -0.2) is 28.0 Å². The van der Waals surface area contributed by atoms with Crippen molar-refractivity contribution in [3.05, 3.63) is 0 Å². The fourth-order valence-corrected chi connectivity index (χ4v) is 6.20. The van der Waals surface area contributed by atoms with Crippen LogP contribution in [0, 0.1) is 5.41 Å². The molecular formula is C20H36N2O2S. The topological polar surface area (TPSA) is 58.2 Å². The lowest BCUT2D eigenvalue weighted by Gasteiger charge is -2.43. The average molecular weight is 369 g/mol. The van der Waals surface area contributed by atoms with Crippen molar-refractivity contribution in [2.75, 3.05) is 0 Å². The lowest BCUT2D eigenvalue weighted by molar-refractivity contribution is -0.112. The van der Waals surface area contributed by atoms with Gasteiger partial charge in [-0.3, -0.25) is 0 Å². The molecule has 0 aromatic rings. The van der Waals surface area contributed by atoms with Crippen LogP contribution in [-0.2, 0) is 4.79 Å². The van der Waals surface area contributed by atoms with E-state index in [1.54, 1.807) is 0 Å². The summed E-state index contributed by atoms with van der Waals surface area (Å²) >= 11 is 1.86. The highest BCUT2D eigenvalue weighted by molar-refractivity contribution is 8.01. The number of hydrogen-bond acceptors (Lipinski definition) is 3. The number of nitrogens with one attached hydrogen (secondary N) is 2. The Morgan fingerprint density at radius 3 is 2.00 bits per heavy atom. The van der Waals surface area contributed by atoms with Gasteiger partial charge in [-0.05, 0) is 31.1 Å². The minimum Gasteiger partial charge on any atom is -0.328 e. The van der Waals surface area contributed by atoms with Gasteiger partial charge in [0.15, 0.2) is 0 Å². The second kappa shape index (κ2) is 8.32. The minimum absolute atomic E-state index is 0.0873. The fraction of sp³-hybridized carbons (Fsp3) is 0.900.